The fraction of sp³-hybridized carbons (Fsp3) is 0.667. The van der Waals surface area contributed by atoms with Crippen LogP contribution in [0.5, 0.6) is 0 Å². The van der Waals surface area contributed by atoms with Crippen LogP contribution in [0.4, 0.5) is 4.79 Å². The maximum absolute atomic E-state index is 10.5. The number of carbonyl (C=O) groups is 1. The molecule has 1 aliphatic heterocycles. The second kappa shape index (κ2) is 1.87. The molecule has 5 heteroatoms. The quantitative estimate of drug-likeness (QED) is 0.447. The van der Waals surface area contributed by atoms with E-state index in [0.29, 0.717) is 11.6 Å². The number of hydrogen-bond acceptors (Lipinski definition) is 3. The van der Waals surface area contributed by atoms with Crippen LogP contribution in [-0.2, 0) is 0 Å². The van der Waals surface area contributed by atoms with Crippen molar-refractivity contribution in [3.63, 3.8) is 0 Å². The predicted molar refractivity (Wildman–Crippen MR) is 24.9 cm³/mol. The van der Waals surface area contributed by atoms with E-state index in [0.717, 1.165) is 0 Å². The van der Waals surface area contributed by atoms with Gasteiger partial charge in [-0.3, -0.25) is 0 Å². The van der Waals surface area contributed by atoms with Crippen molar-refractivity contribution in [2.24, 2.45) is 10.4 Å². The summed E-state index contributed by atoms with van der Waals surface area (Å²) in [7, 11) is 0. The zero-order valence-corrected chi connectivity index (χ0v) is 4.51. The minimum atomic E-state index is -0.174. The Morgan fingerprint density at radius 1 is 1.88 bits per heavy atom. The van der Waals surface area contributed by atoms with Crippen molar-refractivity contribution < 1.29 is 9.80 Å². The molecule has 2 N–H and O–H groups in total. The molecule has 1 atom stereocenters. The molecule has 0 fully saturated rings. The zero-order chi connectivity index (χ0) is 5.98. The minimum Gasteiger partial charge on any atom is -0.202 e. The minimum absolute atomic E-state index is 0.174. The summed E-state index contributed by atoms with van der Waals surface area (Å²) in [4.78, 5) is 10.5. The van der Waals surface area contributed by atoms with Gasteiger partial charge in [-0.15, -0.1) is 5.01 Å². The number of nitrogens with one attached hydrogen (secondary N) is 2. The average Bonchev–Trinajstić information content (AvgIpc) is 2.14. The Morgan fingerprint density at radius 2 is 2.62 bits per heavy atom. The van der Waals surface area contributed by atoms with E-state index in [2.05, 4.69) is 15.9 Å². The van der Waals surface area contributed by atoms with Gasteiger partial charge < -0.3 is 0 Å². The number of rotatable bonds is 1. The number of hydrogen-bond donors (Lipinski definition) is 2. The molecule has 0 radical (unpaired) electrons. The number of carbonyl (C=O) groups excluding carboxylic acids is 1. The monoisotopic (exact) mass is 115 g/mol. The topological polar surface area (TPSA) is 58.3 Å². The summed E-state index contributed by atoms with van der Waals surface area (Å²) in [6, 6.07) is -0.174. The van der Waals surface area contributed by atoms with Crippen LogP contribution in [-0.4, -0.2) is 12.6 Å². The maximum atomic E-state index is 10.5. The maximum Gasteiger partial charge on any atom is 0.464 e. The van der Waals surface area contributed by atoms with Gasteiger partial charge in [-0.25, -0.2) is 4.79 Å². The lowest BCUT2D eigenvalue weighted by atomic mass is 10.7. The molecular weight excluding hydrogens is 108 g/mol. The Kier molecular flexibility index (Phi) is 1.21. The summed E-state index contributed by atoms with van der Waals surface area (Å²) in [6.45, 7) is 2.51. The van der Waals surface area contributed by atoms with Gasteiger partial charge in [0.2, 0.25) is 0 Å². The molecule has 0 saturated heterocycles. The summed E-state index contributed by atoms with van der Waals surface area (Å²) in [6.07, 6.45) is 0. The van der Waals surface area contributed by atoms with Crippen LogP contribution in [0.15, 0.2) is 10.4 Å². The molecule has 2 amide bonds. The molecule has 0 saturated carbocycles. The molecular formula is C3H7N4O+. The molecule has 1 rings (SSSR count). The Labute approximate surface area is 46.3 Å². The van der Waals surface area contributed by atoms with Gasteiger partial charge in [-0.05, 0) is 12.1 Å². The highest BCUT2D eigenvalue weighted by Gasteiger charge is 2.21. The van der Waals surface area contributed by atoms with Gasteiger partial charge in [0.25, 0.3) is 0 Å². The molecule has 0 aromatic heterocycles. The summed E-state index contributed by atoms with van der Waals surface area (Å²) in [5, 5.41) is 7.33. The van der Waals surface area contributed by atoms with Crippen molar-refractivity contribution >= 4 is 6.03 Å². The van der Waals surface area contributed by atoms with E-state index in [1.165, 1.54) is 0 Å². The standard InChI is InChI=1S/C3H6N4O/c1-2-7-3(8)4-5-6-7/h2H2,1H3,(H,4,6,8)/p+1. The first-order valence-corrected chi connectivity index (χ1v) is 2.41. The van der Waals surface area contributed by atoms with Crippen LogP contribution in [0.2, 0.25) is 0 Å². The Morgan fingerprint density at radius 3 is 2.88 bits per heavy atom. The molecule has 5 nitrogen and oxygen atoms in total. The van der Waals surface area contributed by atoms with Gasteiger partial charge >= 0.3 is 6.03 Å². The molecule has 0 aromatic carbocycles. The predicted octanol–water partition coefficient (Wildman–Crippen LogP) is -1.10. The van der Waals surface area contributed by atoms with E-state index in [1.807, 2.05) is 6.92 Å². The molecule has 44 valence electrons. The Hall–Kier alpha value is -0.970. The third kappa shape index (κ3) is 0.671. The molecule has 0 bridgehead atoms. The second-order valence-electron chi connectivity index (χ2n) is 1.44. The normalized spacial score (nSPS) is 26.1. The zero-order valence-electron chi connectivity index (χ0n) is 4.51. The number of urea groups is 1. The SMILES string of the molecule is CC[NH+]1N=NNC1=O. The lowest BCUT2D eigenvalue weighted by Gasteiger charge is -1.92. The fourth-order valence-corrected chi connectivity index (χ4v) is 0.472. The Balaban J connectivity index is 2.53. The molecule has 1 heterocycles. The van der Waals surface area contributed by atoms with Crippen LogP contribution in [0.3, 0.4) is 0 Å². The largest absolute Gasteiger partial charge is 0.464 e. The number of nitrogens with zero attached hydrogens (tertiary/aromatic N) is 2. The van der Waals surface area contributed by atoms with E-state index in [-0.39, 0.29) is 6.03 Å². The molecule has 8 heavy (non-hydrogen) atoms. The van der Waals surface area contributed by atoms with Gasteiger partial charge in [-0.1, -0.05) is 0 Å². The highest BCUT2D eigenvalue weighted by atomic mass is 16.2. The van der Waals surface area contributed by atoms with Crippen LogP contribution in [0.1, 0.15) is 6.92 Å². The van der Waals surface area contributed by atoms with Gasteiger partial charge in [0.05, 0.1) is 5.22 Å². The van der Waals surface area contributed by atoms with Crippen molar-refractivity contribution in [3.05, 3.63) is 0 Å². The molecule has 0 spiro atoms. The van der Waals surface area contributed by atoms with Gasteiger partial charge in [0, 0.05) is 0 Å². The lowest BCUT2D eigenvalue weighted by molar-refractivity contribution is -0.818. The first-order chi connectivity index (χ1) is 3.84. The summed E-state index contributed by atoms with van der Waals surface area (Å²) in [5.74, 6) is 0. The second-order valence-corrected chi connectivity index (χ2v) is 1.44. The summed E-state index contributed by atoms with van der Waals surface area (Å²) in [5.41, 5.74) is 2.20. The van der Waals surface area contributed by atoms with E-state index >= 15 is 0 Å². The van der Waals surface area contributed by atoms with Crippen LogP contribution in [0, 0.1) is 0 Å². The van der Waals surface area contributed by atoms with Crippen molar-refractivity contribution in [1.29, 1.82) is 0 Å². The van der Waals surface area contributed by atoms with Gasteiger partial charge in [-0.2, -0.15) is 5.43 Å². The summed E-state index contributed by atoms with van der Waals surface area (Å²) < 4.78 is 0. The first-order valence-electron chi connectivity index (χ1n) is 2.41. The number of quaternary nitrogens is 1. The highest BCUT2D eigenvalue weighted by Crippen LogP contribution is 1.68. The van der Waals surface area contributed by atoms with Crippen molar-refractivity contribution in [2.75, 3.05) is 6.54 Å². The molecule has 0 aliphatic carbocycles. The third-order valence-corrected chi connectivity index (χ3v) is 0.919. The third-order valence-electron chi connectivity index (χ3n) is 0.919. The van der Waals surface area contributed by atoms with Crippen LogP contribution >= 0.6 is 0 Å². The fourth-order valence-electron chi connectivity index (χ4n) is 0.472. The molecule has 0 aromatic rings. The van der Waals surface area contributed by atoms with Crippen molar-refractivity contribution in [1.82, 2.24) is 5.43 Å². The number of amides is 2. The van der Waals surface area contributed by atoms with Crippen LogP contribution in [0.25, 0.3) is 0 Å². The molecule has 1 aliphatic rings. The first kappa shape index (κ1) is 5.17. The van der Waals surface area contributed by atoms with E-state index in [1.54, 1.807) is 0 Å². The lowest BCUT2D eigenvalue weighted by Crippen LogP contribution is -3.09. The van der Waals surface area contributed by atoms with Crippen molar-refractivity contribution in [2.45, 2.75) is 6.92 Å². The molecule has 1 unspecified atom stereocenters. The average molecular weight is 115 g/mol. The van der Waals surface area contributed by atoms with Crippen LogP contribution < -0.4 is 10.4 Å². The van der Waals surface area contributed by atoms with E-state index < -0.39 is 0 Å². The highest BCUT2D eigenvalue weighted by molar-refractivity contribution is 5.64. The van der Waals surface area contributed by atoms with Crippen molar-refractivity contribution in [3.8, 4) is 0 Å². The van der Waals surface area contributed by atoms with Gasteiger partial charge in [0.15, 0.2) is 0 Å². The summed E-state index contributed by atoms with van der Waals surface area (Å²) >= 11 is 0. The Bertz CT molecular complexity index is 131. The van der Waals surface area contributed by atoms with E-state index in [4.69, 9.17) is 0 Å². The smallest absolute Gasteiger partial charge is 0.202 e. The van der Waals surface area contributed by atoms with Gasteiger partial charge in [0.1, 0.15) is 6.54 Å². The van der Waals surface area contributed by atoms with E-state index in [9.17, 15) is 4.79 Å².